The van der Waals surface area contributed by atoms with Gasteiger partial charge in [0.2, 0.25) is 0 Å². The molecular formula is C13H17IN2O. The Morgan fingerprint density at radius 2 is 2.29 bits per heavy atom. The van der Waals surface area contributed by atoms with Gasteiger partial charge in [0.1, 0.15) is 0 Å². The summed E-state index contributed by atoms with van der Waals surface area (Å²) in [6.07, 6.45) is 0. The van der Waals surface area contributed by atoms with Crippen LogP contribution in [-0.2, 0) is 0 Å². The van der Waals surface area contributed by atoms with Gasteiger partial charge in [0, 0.05) is 29.2 Å². The zero-order valence-corrected chi connectivity index (χ0v) is 12.3. The molecule has 2 rings (SSSR count). The smallest absolute Gasteiger partial charge is 0.255 e. The lowest BCUT2D eigenvalue weighted by molar-refractivity contribution is 0.0708. The molecule has 1 aromatic rings. The highest BCUT2D eigenvalue weighted by molar-refractivity contribution is 14.1. The van der Waals surface area contributed by atoms with Gasteiger partial charge >= 0.3 is 0 Å². The summed E-state index contributed by atoms with van der Waals surface area (Å²) in [5, 5.41) is 3.35. The summed E-state index contributed by atoms with van der Waals surface area (Å²) in [6.45, 7) is 6.63. The summed E-state index contributed by atoms with van der Waals surface area (Å²) >= 11 is 2.26. The van der Waals surface area contributed by atoms with Crippen LogP contribution in [-0.4, -0.2) is 36.5 Å². The van der Waals surface area contributed by atoms with Gasteiger partial charge in [0.05, 0.1) is 5.56 Å². The standard InChI is InChI=1S/C13H17IN2O/c1-9-4-3-5-11(12(9)14)13(17)16-7-6-15-10(2)8-16/h3-5,10,15H,6-8H2,1-2H3/t10-/m0/s1. The van der Waals surface area contributed by atoms with Crippen LogP contribution in [0, 0.1) is 10.5 Å². The van der Waals surface area contributed by atoms with Gasteiger partial charge in [-0.3, -0.25) is 4.79 Å². The minimum atomic E-state index is 0.159. The van der Waals surface area contributed by atoms with Gasteiger partial charge in [-0.15, -0.1) is 0 Å². The van der Waals surface area contributed by atoms with E-state index in [-0.39, 0.29) is 5.91 Å². The monoisotopic (exact) mass is 344 g/mol. The first-order valence-corrected chi connectivity index (χ1v) is 6.95. The minimum Gasteiger partial charge on any atom is -0.336 e. The molecule has 1 fully saturated rings. The highest BCUT2D eigenvalue weighted by Gasteiger charge is 2.23. The second kappa shape index (κ2) is 5.35. The Labute approximate surface area is 116 Å². The highest BCUT2D eigenvalue weighted by atomic mass is 127. The second-order valence-corrected chi connectivity index (χ2v) is 5.62. The third kappa shape index (κ3) is 2.80. The minimum absolute atomic E-state index is 0.159. The molecule has 0 aliphatic carbocycles. The Kier molecular flexibility index (Phi) is 4.04. The van der Waals surface area contributed by atoms with E-state index in [4.69, 9.17) is 0 Å². The molecule has 1 heterocycles. The van der Waals surface area contributed by atoms with E-state index >= 15 is 0 Å². The molecule has 92 valence electrons. The van der Waals surface area contributed by atoms with E-state index in [2.05, 4.69) is 34.8 Å². The Bertz CT molecular complexity index is 433. The first-order valence-electron chi connectivity index (χ1n) is 5.87. The number of hydrogen-bond donors (Lipinski definition) is 1. The van der Waals surface area contributed by atoms with Crippen LogP contribution < -0.4 is 5.32 Å². The van der Waals surface area contributed by atoms with Crippen molar-refractivity contribution in [2.24, 2.45) is 0 Å². The number of carbonyl (C=O) groups excluding carboxylic acids is 1. The van der Waals surface area contributed by atoms with Crippen LogP contribution in [0.3, 0.4) is 0 Å². The summed E-state index contributed by atoms with van der Waals surface area (Å²) < 4.78 is 1.07. The summed E-state index contributed by atoms with van der Waals surface area (Å²) in [7, 11) is 0. The number of benzene rings is 1. The lowest BCUT2D eigenvalue weighted by atomic mass is 10.1. The van der Waals surface area contributed by atoms with Crippen molar-refractivity contribution < 1.29 is 4.79 Å². The van der Waals surface area contributed by atoms with Crippen LogP contribution in [0.15, 0.2) is 18.2 Å². The highest BCUT2D eigenvalue weighted by Crippen LogP contribution is 2.19. The van der Waals surface area contributed by atoms with Crippen LogP contribution in [0.4, 0.5) is 0 Å². The van der Waals surface area contributed by atoms with Crippen molar-refractivity contribution in [3.8, 4) is 0 Å². The van der Waals surface area contributed by atoms with Gasteiger partial charge in [-0.2, -0.15) is 0 Å². The van der Waals surface area contributed by atoms with Crippen LogP contribution in [0.25, 0.3) is 0 Å². The number of halogens is 1. The van der Waals surface area contributed by atoms with E-state index in [1.165, 1.54) is 5.56 Å². The molecule has 0 spiro atoms. The SMILES string of the molecule is Cc1cccc(C(=O)N2CCN[C@@H](C)C2)c1I. The normalized spacial score (nSPS) is 20.4. The molecule has 0 bridgehead atoms. The van der Waals surface area contributed by atoms with E-state index in [0.717, 1.165) is 28.8 Å². The van der Waals surface area contributed by atoms with Crippen LogP contribution in [0.2, 0.25) is 0 Å². The number of rotatable bonds is 1. The predicted molar refractivity (Wildman–Crippen MR) is 77.3 cm³/mol. The van der Waals surface area contributed by atoms with Gasteiger partial charge in [-0.1, -0.05) is 12.1 Å². The molecule has 17 heavy (non-hydrogen) atoms. The van der Waals surface area contributed by atoms with E-state index in [9.17, 15) is 4.79 Å². The number of hydrogen-bond acceptors (Lipinski definition) is 2. The number of nitrogens with one attached hydrogen (secondary N) is 1. The summed E-state index contributed by atoms with van der Waals surface area (Å²) in [5.41, 5.74) is 2.00. The average molecular weight is 344 g/mol. The molecule has 1 N–H and O–H groups in total. The van der Waals surface area contributed by atoms with E-state index in [1.807, 2.05) is 30.0 Å². The van der Waals surface area contributed by atoms with Crippen molar-refractivity contribution in [3.63, 3.8) is 0 Å². The third-order valence-corrected chi connectivity index (χ3v) is 4.51. The largest absolute Gasteiger partial charge is 0.336 e. The molecule has 1 aliphatic heterocycles. The maximum Gasteiger partial charge on any atom is 0.255 e. The summed E-state index contributed by atoms with van der Waals surface area (Å²) in [5.74, 6) is 0.159. The average Bonchev–Trinajstić information content (AvgIpc) is 2.32. The molecule has 1 aliphatic rings. The predicted octanol–water partition coefficient (Wildman–Crippen LogP) is 2.03. The van der Waals surface area contributed by atoms with Crippen molar-refractivity contribution in [2.45, 2.75) is 19.9 Å². The summed E-state index contributed by atoms with van der Waals surface area (Å²) in [6, 6.07) is 6.30. The van der Waals surface area contributed by atoms with Crippen molar-refractivity contribution >= 4 is 28.5 Å². The fourth-order valence-corrected chi connectivity index (χ4v) is 2.69. The Morgan fingerprint density at radius 3 is 3.00 bits per heavy atom. The third-order valence-electron chi connectivity index (χ3n) is 3.08. The molecule has 3 nitrogen and oxygen atoms in total. The molecule has 0 aromatic heterocycles. The quantitative estimate of drug-likeness (QED) is 0.791. The van der Waals surface area contributed by atoms with Crippen molar-refractivity contribution in [1.29, 1.82) is 0 Å². The number of nitrogens with zero attached hydrogens (tertiary/aromatic N) is 1. The maximum atomic E-state index is 12.4. The Morgan fingerprint density at radius 1 is 1.53 bits per heavy atom. The van der Waals surface area contributed by atoms with E-state index in [0.29, 0.717) is 6.04 Å². The molecule has 1 amide bonds. The van der Waals surface area contributed by atoms with Gasteiger partial charge in [0.25, 0.3) is 5.91 Å². The Hall–Kier alpha value is -0.620. The molecule has 1 saturated heterocycles. The van der Waals surface area contributed by atoms with Gasteiger partial charge in [-0.05, 0) is 48.1 Å². The van der Waals surface area contributed by atoms with Crippen LogP contribution in [0.5, 0.6) is 0 Å². The van der Waals surface area contributed by atoms with Gasteiger partial charge < -0.3 is 10.2 Å². The van der Waals surface area contributed by atoms with E-state index in [1.54, 1.807) is 0 Å². The topological polar surface area (TPSA) is 32.3 Å². The molecule has 1 atom stereocenters. The van der Waals surface area contributed by atoms with Crippen LogP contribution >= 0.6 is 22.6 Å². The van der Waals surface area contributed by atoms with Gasteiger partial charge in [-0.25, -0.2) is 0 Å². The maximum absolute atomic E-state index is 12.4. The summed E-state index contributed by atoms with van der Waals surface area (Å²) in [4.78, 5) is 14.4. The second-order valence-electron chi connectivity index (χ2n) is 4.54. The number of amides is 1. The van der Waals surface area contributed by atoms with Crippen LogP contribution in [0.1, 0.15) is 22.8 Å². The molecular weight excluding hydrogens is 327 g/mol. The van der Waals surface area contributed by atoms with E-state index < -0.39 is 0 Å². The van der Waals surface area contributed by atoms with Gasteiger partial charge in [0.15, 0.2) is 0 Å². The fourth-order valence-electron chi connectivity index (χ4n) is 2.10. The molecule has 0 unspecified atom stereocenters. The van der Waals surface area contributed by atoms with Crippen molar-refractivity contribution in [2.75, 3.05) is 19.6 Å². The first-order chi connectivity index (χ1) is 8.09. The lowest BCUT2D eigenvalue weighted by Crippen LogP contribution is -2.51. The Balaban J connectivity index is 2.22. The van der Waals surface area contributed by atoms with Crippen molar-refractivity contribution in [3.05, 3.63) is 32.9 Å². The number of carbonyl (C=O) groups is 1. The number of aryl methyl sites for hydroxylation is 1. The zero-order chi connectivity index (χ0) is 12.4. The molecule has 0 radical (unpaired) electrons. The first kappa shape index (κ1) is 12.8. The molecule has 1 aromatic carbocycles. The number of piperazine rings is 1. The lowest BCUT2D eigenvalue weighted by Gasteiger charge is -2.32. The molecule has 0 saturated carbocycles. The molecule has 4 heteroatoms. The fraction of sp³-hybridized carbons (Fsp3) is 0.462. The zero-order valence-electron chi connectivity index (χ0n) is 10.2. The van der Waals surface area contributed by atoms with Crippen molar-refractivity contribution in [1.82, 2.24) is 10.2 Å².